The topological polar surface area (TPSA) is 158 Å². The number of likely N-dealkylation sites (tertiary alicyclic amines) is 1. The van der Waals surface area contributed by atoms with Crippen molar-refractivity contribution in [2.24, 2.45) is 0 Å². The second-order valence-corrected chi connectivity index (χ2v) is 10.8. The highest BCUT2D eigenvalue weighted by Gasteiger charge is 2.55. The third-order valence-corrected chi connectivity index (χ3v) is 6.95. The number of nitrogens with zero attached hydrogens (tertiary/aromatic N) is 1. The molecule has 1 aromatic rings. The van der Waals surface area contributed by atoms with E-state index in [1.807, 2.05) is 0 Å². The summed E-state index contributed by atoms with van der Waals surface area (Å²) in [6, 6.07) is 6.82. The van der Waals surface area contributed by atoms with Gasteiger partial charge in [-0.15, -0.1) is 0 Å². The van der Waals surface area contributed by atoms with E-state index >= 15 is 0 Å². The third kappa shape index (κ3) is 5.20. The molecule has 28 heavy (non-hydrogen) atoms. The minimum atomic E-state index is -4.22. The molecule has 1 fully saturated rings. The number of hydrogen-bond acceptors (Lipinski definition) is 6. The molecule has 1 aromatic carbocycles. The molecule has 0 radical (unpaired) electrons. The molecule has 1 unspecified atom stereocenters. The second kappa shape index (κ2) is 8.05. The summed E-state index contributed by atoms with van der Waals surface area (Å²) in [4.78, 5) is 24.3. The number of sulfonamides is 1. The van der Waals surface area contributed by atoms with Gasteiger partial charge in [0, 0.05) is 12.8 Å². The number of amides is 1. The monoisotopic (exact) mass is 434 g/mol. The molecule has 0 aromatic heterocycles. The molecular formula is C16H22N2O8S2. The van der Waals surface area contributed by atoms with Crippen LogP contribution in [-0.2, 0) is 30.4 Å². The number of rotatable bonds is 9. The Morgan fingerprint density at radius 1 is 1.18 bits per heavy atom. The van der Waals surface area contributed by atoms with E-state index in [0.717, 1.165) is 11.2 Å². The van der Waals surface area contributed by atoms with Gasteiger partial charge < -0.3 is 15.1 Å². The van der Waals surface area contributed by atoms with Crippen LogP contribution >= 0.6 is 0 Å². The molecule has 12 heteroatoms. The van der Waals surface area contributed by atoms with Crippen molar-refractivity contribution in [3.8, 4) is 0 Å². The quantitative estimate of drug-likeness (QED) is 0.494. The number of hydrogen-bond donors (Lipinski definition) is 3. The molecule has 1 aliphatic heterocycles. The summed E-state index contributed by atoms with van der Waals surface area (Å²) in [5, 5.41) is 19.1. The Balaban J connectivity index is 2.41. The van der Waals surface area contributed by atoms with E-state index in [1.165, 1.54) is 0 Å². The maximum absolute atomic E-state index is 12.7. The average Bonchev–Trinajstić information content (AvgIpc) is 2.50. The van der Waals surface area contributed by atoms with Crippen LogP contribution in [0.5, 0.6) is 0 Å². The van der Waals surface area contributed by atoms with Gasteiger partial charge in [0.25, 0.3) is 0 Å². The zero-order valence-electron chi connectivity index (χ0n) is 15.1. The van der Waals surface area contributed by atoms with Crippen LogP contribution in [0.4, 0.5) is 4.79 Å². The zero-order chi connectivity index (χ0) is 21.2. The highest BCUT2D eigenvalue weighted by molar-refractivity contribution is 7.90. The van der Waals surface area contributed by atoms with Gasteiger partial charge in [0.2, 0.25) is 10.0 Å². The van der Waals surface area contributed by atoms with Crippen molar-refractivity contribution in [3.05, 3.63) is 35.9 Å². The first-order valence-corrected chi connectivity index (χ1v) is 12.0. The fourth-order valence-electron chi connectivity index (χ4n) is 3.16. The number of sulfone groups is 1. The molecule has 3 N–H and O–H groups in total. The summed E-state index contributed by atoms with van der Waals surface area (Å²) in [5.74, 6) is -2.76. The van der Waals surface area contributed by atoms with E-state index in [1.54, 1.807) is 30.3 Å². The lowest BCUT2D eigenvalue weighted by Crippen LogP contribution is -2.72. The first kappa shape index (κ1) is 22.1. The Bertz CT molecular complexity index is 946. The van der Waals surface area contributed by atoms with E-state index in [9.17, 15) is 36.6 Å². The Hall–Kier alpha value is -2.18. The molecule has 2 rings (SSSR count). The Kier molecular flexibility index (Phi) is 6.36. The molecule has 156 valence electrons. The minimum Gasteiger partial charge on any atom is -0.480 e. The van der Waals surface area contributed by atoms with Gasteiger partial charge in [-0.05, 0) is 18.4 Å². The van der Waals surface area contributed by atoms with Crippen LogP contribution < -0.4 is 4.72 Å². The Morgan fingerprint density at radius 2 is 1.79 bits per heavy atom. The van der Waals surface area contributed by atoms with Crippen LogP contribution in [0.1, 0.15) is 18.4 Å². The molecule has 0 spiro atoms. The lowest BCUT2D eigenvalue weighted by molar-refractivity contribution is -0.149. The predicted molar refractivity (Wildman–Crippen MR) is 100 cm³/mol. The fraction of sp³-hybridized carbons (Fsp3) is 0.500. The Labute approximate surface area is 163 Å². The summed E-state index contributed by atoms with van der Waals surface area (Å²) >= 11 is 0. The molecule has 2 atom stereocenters. The van der Waals surface area contributed by atoms with E-state index in [-0.39, 0.29) is 13.0 Å². The highest BCUT2D eigenvalue weighted by atomic mass is 32.2. The predicted octanol–water partition coefficient (Wildman–Crippen LogP) is 0.116. The number of aliphatic carboxylic acids is 1. The van der Waals surface area contributed by atoms with E-state index < -0.39 is 61.4 Å². The lowest BCUT2D eigenvalue weighted by Gasteiger charge is -2.48. The summed E-state index contributed by atoms with van der Waals surface area (Å²) in [6.45, 7) is 0.0360. The van der Waals surface area contributed by atoms with Gasteiger partial charge in [-0.2, -0.15) is 4.72 Å². The number of carboxylic acid groups (broad SMARTS) is 2. The van der Waals surface area contributed by atoms with Crippen LogP contribution in [0, 0.1) is 0 Å². The van der Waals surface area contributed by atoms with Crippen LogP contribution in [0.15, 0.2) is 30.3 Å². The number of carbonyl (C=O) groups is 2. The molecular weight excluding hydrogens is 412 g/mol. The molecule has 1 aliphatic rings. The molecule has 0 bridgehead atoms. The van der Waals surface area contributed by atoms with Gasteiger partial charge in [-0.1, -0.05) is 30.3 Å². The maximum atomic E-state index is 12.7. The third-order valence-electron chi connectivity index (χ3n) is 4.62. The largest absolute Gasteiger partial charge is 0.480 e. The van der Waals surface area contributed by atoms with Crippen LogP contribution in [0.25, 0.3) is 0 Å². The van der Waals surface area contributed by atoms with Crippen LogP contribution in [0.2, 0.25) is 0 Å². The Morgan fingerprint density at radius 3 is 2.21 bits per heavy atom. The van der Waals surface area contributed by atoms with Crippen molar-refractivity contribution in [2.45, 2.75) is 30.2 Å². The van der Waals surface area contributed by atoms with Crippen molar-refractivity contribution < 1.29 is 36.6 Å². The van der Waals surface area contributed by atoms with E-state index in [0.29, 0.717) is 5.56 Å². The summed E-state index contributed by atoms with van der Waals surface area (Å²) in [7, 11) is -7.85. The fourth-order valence-corrected chi connectivity index (χ4v) is 5.44. The maximum Gasteiger partial charge on any atom is 0.407 e. The van der Waals surface area contributed by atoms with Crippen molar-refractivity contribution in [3.63, 3.8) is 0 Å². The van der Waals surface area contributed by atoms with Gasteiger partial charge in [0.15, 0.2) is 5.54 Å². The molecule has 0 saturated carbocycles. The van der Waals surface area contributed by atoms with E-state index in [4.69, 9.17) is 0 Å². The highest BCUT2D eigenvalue weighted by Crippen LogP contribution is 2.32. The smallest absolute Gasteiger partial charge is 0.407 e. The SMILES string of the molecule is CS(=O)(=O)CC[C@](NS(=O)(=O)Cc1ccccc1)(C(=O)O)C1CCN1C(=O)O. The standard InChI is InChI=1S/C16H22N2O8S2/c1-27(23,24)10-8-16(14(19)20,13-7-9-18(13)15(21)22)17-28(25,26)11-12-5-3-2-4-6-12/h2-6,13,17H,7-11H2,1H3,(H,19,20)(H,21,22)/t13?,16-/m1/s1. The number of nitrogens with one attached hydrogen (secondary N) is 1. The summed E-state index contributed by atoms with van der Waals surface area (Å²) in [6.07, 6.45) is -1.00. The number of benzene rings is 1. The van der Waals surface area contributed by atoms with Gasteiger partial charge >= 0.3 is 12.1 Å². The first-order chi connectivity index (χ1) is 12.9. The summed E-state index contributed by atoms with van der Waals surface area (Å²) in [5.41, 5.74) is -1.88. The van der Waals surface area contributed by atoms with Crippen molar-refractivity contribution in [1.29, 1.82) is 0 Å². The minimum absolute atomic E-state index is 0.0360. The second-order valence-electron chi connectivity index (χ2n) is 6.78. The molecule has 1 heterocycles. The van der Waals surface area contributed by atoms with Crippen molar-refractivity contribution >= 4 is 31.9 Å². The zero-order valence-corrected chi connectivity index (χ0v) is 16.7. The van der Waals surface area contributed by atoms with Crippen molar-refractivity contribution in [1.82, 2.24) is 9.62 Å². The van der Waals surface area contributed by atoms with Gasteiger partial charge in [-0.3, -0.25) is 4.79 Å². The molecule has 0 aliphatic carbocycles. The number of carboxylic acids is 1. The first-order valence-electron chi connectivity index (χ1n) is 8.32. The lowest BCUT2D eigenvalue weighted by atomic mass is 9.81. The summed E-state index contributed by atoms with van der Waals surface area (Å²) < 4.78 is 50.7. The van der Waals surface area contributed by atoms with Crippen LogP contribution in [0.3, 0.4) is 0 Å². The van der Waals surface area contributed by atoms with E-state index in [2.05, 4.69) is 4.72 Å². The molecule has 1 amide bonds. The van der Waals surface area contributed by atoms with Gasteiger partial charge in [-0.25, -0.2) is 21.6 Å². The molecule has 1 saturated heterocycles. The van der Waals surface area contributed by atoms with Crippen LogP contribution in [-0.4, -0.2) is 74.1 Å². The normalized spacial score (nSPS) is 19.5. The van der Waals surface area contributed by atoms with Gasteiger partial charge in [0.05, 0.1) is 17.5 Å². The molecule has 10 nitrogen and oxygen atoms in total. The van der Waals surface area contributed by atoms with Gasteiger partial charge in [0.1, 0.15) is 9.84 Å². The van der Waals surface area contributed by atoms with Crippen molar-refractivity contribution in [2.75, 3.05) is 18.6 Å². The average molecular weight is 434 g/mol.